The third-order valence-corrected chi connectivity index (χ3v) is 5.04. The Morgan fingerprint density at radius 2 is 1.76 bits per heavy atom. The number of amides is 1. The molecular weight excluding hydrogens is 434 g/mol. The lowest BCUT2D eigenvalue weighted by Crippen LogP contribution is -2.12. The van der Waals surface area contributed by atoms with Crippen molar-refractivity contribution in [2.45, 2.75) is 25.7 Å². The Balaban J connectivity index is 1.29. The van der Waals surface area contributed by atoms with Gasteiger partial charge in [-0.15, -0.1) is 0 Å². The van der Waals surface area contributed by atoms with E-state index in [1.807, 2.05) is 48.5 Å². The molecule has 34 heavy (non-hydrogen) atoms. The van der Waals surface area contributed by atoms with Crippen LogP contribution in [0, 0.1) is 0 Å². The molecule has 3 N–H and O–H groups in total. The summed E-state index contributed by atoms with van der Waals surface area (Å²) in [4.78, 5) is 27.5. The Hall–Kier alpha value is -4.33. The quantitative estimate of drug-likeness (QED) is 0.258. The second-order valence-electron chi connectivity index (χ2n) is 7.73. The second-order valence-corrected chi connectivity index (χ2v) is 7.73. The van der Waals surface area contributed by atoms with Gasteiger partial charge in [0.1, 0.15) is 11.3 Å². The summed E-state index contributed by atoms with van der Waals surface area (Å²) in [6.45, 7) is 0.302. The van der Waals surface area contributed by atoms with Gasteiger partial charge < -0.3 is 24.9 Å². The van der Waals surface area contributed by atoms with Crippen molar-refractivity contribution in [1.29, 1.82) is 0 Å². The van der Waals surface area contributed by atoms with Gasteiger partial charge in [0.05, 0.1) is 6.61 Å². The van der Waals surface area contributed by atoms with Crippen LogP contribution in [-0.4, -0.2) is 28.6 Å². The molecule has 0 saturated carbocycles. The zero-order valence-electron chi connectivity index (χ0n) is 18.5. The summed E-state index contributed by atoms with van der Waals surface area (Å²) in [6, 6.07) is 22.9. The molecule has 0 aliphatic carbocycles. The Kier molecular flexibility index (Phi) is 7.39. The van der Waals surface area contributed by atoms with Gasteiger partial charge in [0, 0.05) is 30.3 Å². The molecule has 174 valence electrons. The molecule has 3 aromatic carbocycles. The average Bonchev–Trinajstić information content (AvgIpc) is 3.23. The fraction of sp³-hybridized carbons (Fsp3) is 0.192. The van der Waals surface area contributed by atoms with E-state index >= 15 is 0 Å². The van der Waals surface area contributed by atoms with Crippen LogP contribution in [0.25, 0.3) is 11.1 Å². The van der Waals surface area contributed by atoms with Gasteiger partial charge in [0.15, 0.2) is 5.58 Å². The molecule has 0 aliphatic rings. The zero-order valence-corrected chi connectivity index (χ0v) is 18.5. The van der Waals surface area contributed by atoms with E-state index in [0.29, 0.717) is 48.9 Å². The normalized spacial score (nSPS) is 10.7. The molecule has 0 spiro atoms. The predicted molar refractivity (Wildman–Crippen MR) is 129 cm³/mol. The van der Waals surface area contributed by atoms with Crippen molar-refractivity contribution in [3.63, 3.8) is 0 Å². The van der Waals surface area contributed by atoms with E-state index < -0.39 is 5.97 Å². The number of aromatic nitrogens is 1. The van der Waals surface area contributed by atoms with Crippen LogP contribution in [0.5, 0.6) is 5.75 Å². The van der Waals surface area contributed by atoms with Crippen LogP contribution in [0.15, 0.2) is 77.2 Å². The van der Waals surface area contributed by atoms with Crippen molar-refractivity contribution in [2.24, 2.45) is 0 Å². The minimum absolute atomic E-state index is 0.0567. The summed E-state index contributed by atoms with van der Waals surface area (Å²) < 4.78 is 11.4. The van der Waals surface area contributed by atoms with Crippen LogP contribution in [0.4, 0.5) is 17.4 Å². The second kappa shape index (κ2) is 11.0. The van der Waals surface area contributed by atoms with Crippen molar-refractivity contribution >= 4 is 40.4 Å². The van der Waals surface area contributed by atoms with Crippen LogP contribution >= 0.6 is 0 Å². The van der Waals surface area contributed by atoms with Crippen molar-refractivity contribution < 1.29 is 23.8 Å². The number of hydrogen-bond acceptors (Lipinski definition) is 6. The number of fused-ring (bicyclic) bond motifs is 1. The minimum atomic E-state index is -0.851. The average molecular weight is 460 g/mol. The molecule has 4 aromatic rings. The highest BCUT2D eigenvalue weighted by molar-refractivity contribution is 5.91. The summed E-state index contributed by atoms with van der Waals surface area (Å²) >= 11 is 0. The number of carboxylic acids is 1. The maximum absolute atomic E-state index is 12.4. The third-order valence-electron chi connectivity index (χ3n) is 5.04. The molecule has 1 heterocycles. The molecular formula is C26H25N3O5. The largest absolute Gasteiger partial charge is 0.494 e. The predicted octanol–water partition coefficient (Wildman–Crippen LogP) is 5.39. The first-order chi connectivity index (χ1) is 16.5. The molecule has 0 atom stereocenters. The molecule has 1 aromatic heterocycles. The molecule has 0 fully saturated rings. The Bertz CT molecular complexity index is 1270. The maximum atomic E-state index is 12.4. The van der Waals surface area contributed by atoms with E-state index in [1.54, 1.807) is 24.3 Å². The van der Waals surface area contributed by atoms with Crippen molar-refractivity contribution in [3.8, 4) is 5.75 Å². The van der Waals surface area contributed by atoms with Crippen LogP contribution in [-0.2, 0) is 16.0 Å². The Morgan fingerprint density at radius 1 is 0.941 bits per heavy atom. The third kappa shape index (κ3) is 6.59. The fourth-order valence-electron chi connectivity index (χ4n) is 3.38. The summed E-state index contributed by atoms with van der Waals surface area (Å²) in [5, 5.41) is 14.7. The van der Waals surface area contributed by atoms with Crippen LogP contribution in [0.1, 0.15) is 24.8 Å². The highest BCUT2D eigenvalue weighted by Gasteiger charge is 2.09. The smallest absolute Gasteiger partial charge is 0.303 e. The number of nitrogens with zero attached hydrogens (tertiary/aromatic N) is 1. The van der Waals surface area contributed by atoms with Crippen LogP contribution in [0.2, 0.25) is 0 Å². The highest BCUT2D eigenvalue weighted by Crippen LogP contribution is 2.24. The molecule has 0 aliphatic heterocycles. The molecule has 0 saturated heterocycles. The highest BCUT2D eigenvalue weighted by atomic mass is 16.5. The number of hydrogen-bond donors (Lipinski definition) is 3. The number of carbonyl (C=O) groups excluding carboxylic acids is 1. The summed E-state index contributed by atoms with van der Waals surface area (Å²) in [6.07, 6.45) is 1.33. The van der Waals surface area contributed by atoms with Crippen molar-refractivity contribution in [1.82, 2.24) is 4.98 Å². The van der Waals surface area contributed by atoms with Gasteiger partial charge in [-0.3, -0.25) is 9.59 Å². The molecule has 4 rings (SSSR count). The van der Waals surface area contributed by atoms with Crippen LogP contribution in [0.3, 0.4) is 0 Å². The number of oxazole rings is 1. The number of benzene rings is 3. The lowest BCUT2D eigenvalue weighted by atomic mass is 10.1. The number of aryl methyl sites for hydroxylation is 1. The van der Waals surface area contributed by atoms with E-state index in [9.17, 15) is 9.59 Å². The molecule has 1 amide bonds. The first-order valence-corrected chi connectivity index (χ1v) is 11.0. The summed E-state index contributed by atoms with van der Waals surface area (Å²) in [7, 11) is 0. The molecule has 0 unspecified atom stereocenters. The van der Waals surface area contributed by atoms with Crippen molar-refractivity contribution in [2.75, 3.05) is 17.2 Å². The number of rotatable bonds is 11. The molecule has 0 bridgehead atoms. The topological polar surface area (TPSA) is 114 Å². The number of ether oxygens (including phenoxy) is 1. The Labute approximate surface area is 196 Å². The summed E-state index contributed by atoms with van der Waals surface area (Å²) in [5.41, 5.74) is 3.89. The SMILES string of the molecule is O=C(O)CCCOc1cccc(NC(=O)CCc2ccc3nc(Nc4ccccc4)oc3c2)c1. The number of carbonyl (C=O) groups is 2. The summed E-state index contributed by atoms with van der Waals surface area (Å²) in [5.74, 6) is -0.387. The number of aliphatic carboxylic acids is 1. The standard InChI is InChI=1S/C26H25N3O5/c30-24(27-20-8-4-9-21(17-20)33-15-5-10-25(31)32)14-12-18-11-13-22-23(16-18)34-26(29-22)28-19-6-2-1-3-7-19/h1-4,6-9,11,13,16-17H,5,10,12,14-15H2,(H,27,30)(H,28,29)(H,31,32). The maximum Gasteiger partial charge on any atom is 0.303 e. The van der Waals surface area contributed by atoms with Crippen molar-refractivity contribution in [3.05, 3.63) is 78.4 Å². The van der Waals surface area contributed by atoms with Crippen LogP contribution < -0.4 is 15.4 Å². The van der Waals surface area contributed by atoms with E-state index in [-0.39, 0.29) is 12.3 Å². The van der Waals surface area contributed by atoms with E-state index in [4.69, 9.17) is 14.3 Å². The van der Waals surface area contributed by atoms with E-state index in [0.717, 1.165) is 16.8 Å². The number of anilines is 3. The lowest BCUT2D eigenvalue weighted by molar-refractivity contribution is -0.137. The Morgan fingerprint density at radius 3 is 2.59 bits per heavy atom. The van der Waals surface area contributed by atoms with Gasteiger partial charge in [-0.1, -0.05) is 30.3 Å². The number of carboxylic acid groups (broad SMARTS) is 1. The molecule has 8 nitrogen and oxygen atoms in total. The monoisotopic (exact) mass is 459 g/mol. The lowest BCUT2D eigenvalue weighted by Gasteiger charge is -2.09. The van der Waals surface area contributed by atoms with Gasteiger partial charge in [-0.05, 0) is 54.8 Å². The van der Waals surface area contributed by atoms with E-state index in [2.05, 4.69) is 15.6 Å². The number of nitrogens with one attached hydrogen (secondary N) is 2. The minimum Gasteiger partial charge on any atom is -0.494 e. The first kappa shape index (κ1) is 22.8. The molecule has 8 heteroatoms. The fourth-order valence-corrected chi connectivity index (χ4v) is 3.38. The van der Waals surface area contributed by atoms with Gasteiger partial charge in [-0.2, -0.15) is 4.98 Å². The molecule has 0 radical (unpaired) electrons. The van der Waals surface area contributed by atoms with Gasteiger partial charge in [-0.25, -0.2) is 0 Å². The van der Waals surface area contributed by atoms with Gasteiger partial charge in [0.25, 0.3) is 6.01 Å². The van der Waals surface area contributed by atoms with Gasteiger partial charge in [0.2, 0.25) is 5.91 Å². The number of para-hydroxylation sites is 1. The van der Waals surface area contributed by atoms with E-state index in [1.165, 1.54) is 0 Å². The van der Waals surface area contributed by atoms with Gasteiger partial charge >= 0.3 is 5.97 Å². The first-order valence-electron chi connectivity index (χ1n) is 11.0. The zero-order chi connectivity index (χ0) is 23.8.